The third-order valence-electron chi connectivity index (χ3n) is 5.17. The summed E-state index contributed by atoms with van der Waals surface area (Å²) in [6.45, 7) is 11.2. The molecular formula is C21H44N4O4. The van der Waals surface area contributed by atoms with E-state index in [1.54, 1.807) is 0 Å². The van der Waals surface area contributed by atoms with Gasteiger partial charge in [0.05, 0.1) is 12.2 Å². The zero-order chi connectivity index (χ0) is 22.2. The third-order valence-corrected chi connectivity index (χ3v) is 5.17. The van der Waals surface area contributed by atoms with E-state index in [1.807, 2.05) is 21.0 Å². The summed E-state index contributed by atoms with van der Waals surface area (Å²) in [5.41, 5.74) is -0.757. The first kappa shape index (κ1) is 27.8. The Hall–Kier alpha value is -1.22. The summed E-state index contributed by atoms with van der Waals surface area (Å²) < 4.78 is 11.5. The minimum absolute atomic E-state index is 0.00647. The van der Waals surface area contributed by atoms with Gasteiger partial charge in [-0.2, -0.15) is 0 Å². The van der Waals surface area contributed by atoms with Crippen LogP contribution in [-0.4, -0.2) is 71.1 Å². The van der Waals surface area contributed by atoms with Crippen molar-refractivity contribution in [3.8, 4) is 0 Å². The highest BCUT2D eigenvalue weighted by Crippen LogP contribution is 2.33. The van der Waals surface area contributed by atoms with Crippen molar-refractivity contribution in [2.24, 2.45) is 5.41 Å². The van der Waals surface area contributed by atoms with Gasteiger partial charge in [-0.1, -0.05) is 27.2 Å². The fourth-order valence-corrected chi connectivity index (χ4v) is 2.47. The molecule has 0 aliphatic heterocycles. The van der Waals surface area contributed by atoms with Crippen LogP contribution in [0.2, 0.25) is 0 Å². The summed E-state index contributed by atoms with van der Waals surface area (Å²) in [7, 11) is 3.75. The molecule has 1 atom stereocenters. The topological polar surface area (TPSA) is 101 Å². The Balaban J connectivity index is 4.05. The van der Waals surface area contributed by atoms with E-state index in [0.717, 1.165) is 25.8 Å². The normalized spacial score (nSPS) is 13.7. The largest absolute Gasteiger partial charge is 0.354 e. The van der Waals surface area contributed by atoms with Gasteiger partial charge in [-0.25, -0.2) is 0 Å². The number of ether oxygens (including phenoxy) is 2. The summed E-state index contributed by atoms with van der Waals surface area (Å²) in [6, 6.07) is 0. The van der Waals surface area contributed by atoms with Crippen molar-refractivity contribution in [3.05, 3.63) is 0 Å². The molecule has 0 radical (unpaired) electrons. The molecule has 1 unspecified atom stereocenters. The zero-order valence-corrected chi connectivity index (χ0v) is 19.4. The maximum atomic E-state index is 11.9. The summed E-state index contributed by atoms with van der Waals surface area (Å²) >= 11 is 0. The maximum Gasteiger partial charge on any atom is 0.221 e. The van der Waals surface area contributed by atoms with Gasteiger partial charge in [0.1, 0.15) is 6.79 Å². The standard InChI is InChI=1S/C21H44N4O4/c1-20(2,3)21(4,16-25-19(27)11-13-23-6)29-17-28-15-14-24-18(26)10-8-7-9-12-22-5/h22-23H,7-17H2,1-6H3,(H,24,26)(H,25,27). The lowest BCUT2D eigenvalue weighted by atomic mass is 9.77. The molecule has 0 aromatic heterocycles. The van der Waals surface area contributed by atoms with Crippen molar-refractivity contribution in [2.45, 2.75) is 65.4 Å². The Bertz CT molecular complexity index is 454. The number of hydrogen-bond donors (Lipinski definition) is 4. The second-order valence-electron chi connectivity index (χ2n) is 8.55. The number of amides is 2. The van der Waals surface area contributed by atoms with Crippen LogP contribution in [0.15, 0.2) is 0 Å². The van der Waals surface area contributed by atoms with E-state index < -0.39 is 5.60 Å². The van der Waals surface area contributed by atoms with Crippen LogP contribution < -0.4 is 21.3 Å². The molecule has 0 aromatic rings. The minimum atomic E-state index is -0.571. The van der Waals surface area contributed by atoms with Gasteiger partial charge in [-0.05, 0) is 45.8 Å². The van der Waals surface area contributed by atoms with Gasteiger partial charge < -0.3 is 30.7 Å². The highest BCUT2D eigenvalue weighted by Gasteiger charge is 2.39. The molecule has 172 valence electrons. The van der Waals surface area contributed by atoms with Crippen molar-refractivity contribution in [1.82, 2.24) is 21.3 Å². The van der Waals surface area contributed by atoms with Crippen molar-refractivity contribution in [1.29, 1.82) is 0 Å². The number of unbranched alkanes of at least 4 members (excludes halogenated alkanes) is 2. The highest BCUT2D eigenvalue weighted by molar-refractivity contribution is 5.76. The molecule has 0 saturated heterocycles. The Morgan fingerprint density at radius 3 is 2.07 bits per heavy atom. The molecule has 0 aromatic carbocycles. The van der Waals surface area contributed by atoms with Crippen LogP contribution in [0, 0.1) is 5.41 Å². The number of carbonyl (C=O) groups is 2. The number of hydrogen-bond acceptors (Lipinski definition) is 6. The first-order chi connectivity index (χ1) is 13.7. The third kappa shape index (κ3) is 13.6. The molecule has 8 heteroatoms. The van der Waals surface area contributed by atoms with Gasteiger partial charge >= 0.3 is 0 Å². The Morgan fingerprint density at radius 1 is 0.793 bits per heavy atom. The number of nitrogens with one attached hydrogen (secondary N) is 4. The molecule has 0 aliphatic carbocycles. The van der Waals surface area contributed by atoms with E-state index in [1.165, 1.54) is 0 Å². The van der Waals surface area contributed by atoms with Crippen molar-refractivity contribution in [3.63, 3.8) is 0 Å². The molecule has 0 heterocycles. The molecule has 0 bridgehead atoms. The lowest BCUT2D eigenvalue weighted by Crippen LogP contribution is -2.52. The van der Waals surface area contributed by atoms with Gasteiger partial charge in [-0.3, -0.25) is 9.59 Å². The van der Waals surface area contributed by atoms with Gasteiger partial charge in [0.2, 0.25) is 11.8 Å². The molecule has 0 spiro atoms. The fourth-order valence-electron chi connectivity index (χ4n) is 2.47. The van der Waals surface area contributed by atoms with Gasteiger partial charge in [0.25, 0.3) is 0 Å². The lowest BCUT2D eigenvalue weighted by molar-refractivity contribution is -0.174. The molecule has 0 aliphatic rings. The van der Waals surface area contributed by atoms with E-state index in [4.69, 9.17) is 9.47 Å². The maximum absolute atomic E-state index is 11.9. The Morgan fingerprint density at radius 2 is 1.45 bits per heavy atom. The average Bonchev–Trinajstić information content (AvgIpc) is 2.66. The van der Waals surface area contributed by atoms with Crippen LogP contribution >= 0.6 is 0 Å². The summed E-state index contributed by atoms with van der Waals surface area (Å²) in [6.07, 6.45) is 4.03. The van der Waals surface area contributed by atoms with Crippen LogP contribution in [0.4, 0.5) is 0 Å². The van der Waals surface area contributed by atoms with E-state index in [2.05, 4.69) is 42.0 Å². The molecule has 8 nitrogen and oxygen atoms in total. The van der Waals surface area contributed by atoms with E-state index in [0.29, 0.717) is 39.1 Å². The van der Waals surface area contributed by atoms with Crippen LogP contribution in [0.25, 0.3) is 0 Å². The molecule has 4 N–H and O–H groups in total. The highest BCUT2D eigenvalue weighted by atomic mass is 16.7. The lowest BCUT2D eigenvalue weighted by Gasteiger charge is -2.41. The first-order valence-electron chi connectivity index (χ1n) is 10.7. The second-order valence-corrected chi connectivity index (χ2v) is 8.55. The number of rotatable bonds is 17. The van der Waals surface area contributed by atoms with Gasteiger partial charge in [0.15, 0.2) is 0 Å². The average molecular weight is 417 g/mol. The zero-order valence-electron chi connectivity index (χ0n) is 19.4. The van der Waals surface area contributed by atoms with Crippen LogP contribution in [0.5, 0.6) is 0 Å². The summed E-state index contributed by atoms with van der Waals surface area (Å²) in [5, 5.41) is 11.9. The molecular weight excluding hydrogens is 372 g/mol. The smallest absolute Gasteiger partial charge is 0.221 e. The van der Waals surface area contributed by atoms with Gasteiger partial charge in [0, 0.05) is 32.5 Å². The number of carbonyl (C=O) groups excluding carboxylic acids is 2. The molecule has 2 amide bonds. The van der Waals surface area contributed by atoms with Crippen LogP contribution in [0.3, 0.4) is 0 Å². The predicted octanol–water partition coefficient (Wildman–Crippen LogP) is 1.40. The Labute approximate surface area is 177 Å². The SMILES string of the molecule is CNCCCCCC(=O)NCCOCOC(C)(CNC(=O)CCNC)C(C)(C)C. The van der Waals surface area contributed by atoms with Gasteiger partial charge in [-0.15, -0.1) is 0 Å². The summed E-state index contributed by atoms with van der Waals surface area (Å²) in [4.78, 5) is 23.7. The molecule has 0 saturated carbocycles. The second kappa shape index (κ2) is 15.6. The molecule has 29 heavy (non-hydrogen) atoms. The quantitative estimate of drug-likeness (QED) is 0.211. The van der Waals surface area contributed by atoms with Crippen molar-refractivity contribution in [2.75, 3.05) is 53.7 Å². The molecule has 0 fully saturated rings. The fraction of sp³-hybridized carbons (Fsp3) is 0.905. The minimum Gasteiger partial charge on any atom is -0.354 e. The van der Waals surface area contributed by atoms with Crippen molar-refractivity contribution >= 4 is 11.8 Å². The summed E-state index contributed by atoms with van der Waals surface area (Å²) in [5.74, 6) is 0.0517. The van der Waals surface area contributed by atoms with E-state index in [-0.39, 0.29) is 24.0 Å². The monoisotopic (exact) mass is 416 g/mol. The van der Waals surface area contributed by atoms with Crippen LogP contribution in [0.1, 0.15) is 59.8 Å². The van der Waals surface area contributed by atoms with E-state index in [9.17, 15) is 9.59 Å². The molecule has 0 rings (SSSR count). The van der Waals surface area contributed by atoms with Crippen LogP contribution in [-0.2, 0) is 19.1 Å². The first-order valence-corrected chi connectivity index (χ1v) is 10.7. The Kier molecular flexibility index (Phi) is 14.9. The van der Waals surface area contributed by atoms with E-state index >= 15 is 0 Å². The predicted molar refractivity (Wildman–Crippen MR) is 117 cm³/mol. The van der Waals surface area contributed by atoms with Crippen molar-refractivity contribution < 1.29 is 19.1 Å².